The van der Waals surface area contributed by atoms with Gasteiger partial charge in [-0.05, 0) is 37.3 Å². The minimum atomic E-state index is -3.64. The molecule has 1 N–H and O–H groups in total. The molecule has 0 spiro atoms. The van der Waals surface area contributed by atoms with Crippen molar-refractivity contribution in [1.29, 1.82) is 0 Å². The van der Waals surface area contributed by atoms with Gasteiger partial charge in [-0.25, -0.2) is 9.67 Å². The number of hydrazone groups is 1. The van der Waals surface area contributed by atoms with Crippen molar-refractivity contribution in [2.24, 2.45) is 15.4 Å². The molecule has 1 aliphatic carbocycles. The van der Waals surface area contributed by atoms with Gasteiger partial charge in [-0.3, -0.25) is 5.43 Å². The first-order valence-corrected chi connectivity index (χ1v) is 9.59. The predicted molar refractivity (Wildman–Crippen MR) is 92.8 cm³/mol. The van der Waals surface area contributed by atoms with E-state index >= 15 is 0 Å². The maximum absolute atomic E-state index is 12.1. The zero-order chi connectivity index (χ0) is 17.4. The molecule has 9 heteroatoms. The van der Waals surface area contributed by atoms with Crippen molar-refractivity contribution in [3.05, 3.63) is 42.5 Å². The number of benzene rings is 1. The van der Waals surface area contributed by atoms with Gasteiger partial charge in [0, 0.05) is 5.56 Å². The number of fused-ring (bicyclic) bond motifs is 1. The third-order valence-electron chi connectivity index (χ3n) is 4.60. The molecule has 4 rings (SSSR count). The Bertz CT molecular complexity index is 949. The summed E-state index contributed by atoms with van der Waals surface area (Å²) >= 11 is 0. The van der Waals surface area contributed by atoms with Crippen molar-refractivity contribution in [2.45, 2.75) is 37.1 Å². The molecular weight excluding hydrogens is 340 g/mol. The summed E-state index contributed by atoms with van der Waals surface area (Å²) in [4.78, 5) is 4.23. The lowest BCUT2D eigenvalue weighted by molar-refractivity contribution is 0.378. The van der Waals surface area contributed by atoms with E-state index in [1.807, 2.05) is 0 Å². The Hall–Kier alpha value is -2.55. The number of hydrogen-bond acceptors (Lipinski definition) is 6. The third kappa shape index (κ3) is 2.95. The molecule has 2 aromatic rings. The number of rotatable bonds is 2. The summed E-state index contributed by atoms with van der Waals surface area (Å²) in [6.07, 6.45) is 5.97. The molecule has 8 nitrogen and oxygen atoms in total. The molecule has 2 atom stereocenters. The summed E-state index contributed by atoms with van der Waals surface area (Å²) in [6.45, 7) is 2.21. The number of sulfonamides is 1. The maximum atomic E-state index is 12.1. The van der Waals surface area contributed by atoms with E-state index in [1.54, 1.807) is 35.3 Å². The highest BCUT2D eigenvalue weighted by molar-refractivity contribution is 7.90. The van der Waals surface area contributed by atoms with Crippen LogP contribution in [0.1, 0.15) is 37.8 Å². The average Bonchev–Trinajstić information content (AvgIpc) is 3.21. The van der Waals surface area contributed by atoms with E-state index in [4.69, 9.17) is 0 Å². The lowest BCUT2D eigenvalue weighted by Crippen LogP contribution is -2.30. The normalized spacial score (nSPS) is 26.3. The number of hydrogen-bond donors (Lipinski definition) is 1. The monoisotopic (exact) mass is 358 g/mol. The van der Waals surface area contributed by atoms with E-state index < -0.39 is 10.0 Å². The fourth-order valence-corrected chi connectivity index (χ4v) is 4.45. The van der Waals surface area contributed by atoms with Crippen LogP contribution >= 0.6 is 0 Å². The Morgan fingerprint density at radius 3 is 2.96 bits per heavy atom. The SMILES string of the molecule is CC1CCC(=NNC2=NS(=O)(=O)c3ccccc32)C(n2cncn2)C1. The lowest BCUT2D eigenvalue weighted by Gasteiger charge is -2.28. The summed E-state index contributed by atoms with van der Waals surface area (Å²) in [6, 6.07) is 6.77. The molecule has 1 fully saturated rings. The molecule has 130 valence electrons. The average molecular weight is 358 g/mol. The fourth-order valence-electron chi connectivity index (χ4n) is 3.28. The van der Waals surface area contributed by atoms with Gasteiger partial charge in [-0.15, -0.1) is 4.40 Å². The molecule has 2 unspecified atom stereocenters. The van der Waals surface area contributed by atoms with Crippen molar-refractivity contribution in [3.63, 3.8) is 0 Å². The van der Waals surface area contributed by atoms with Gasteiger partial charge in [0.25, 0.3) is 10.0 Å². The quantitative estimate of drug-likeness (QED) is 0.824. The van der Waals surface area contributed by atoms with Crippen LogP contribution in [-0.2, 0) is 10.0 Å². The second-order valence-electron chi connectivity index (χ2n) is 6.40. The Balaban J connectivity index is 1.63. The molecule has 1 aliphatic heterocycles. The molecule has 1 aromatic carbocycles. The van der Waals surface area contributed by atoms with Crippen LogP contribution in [0.4, 0.5) is 0 Å². The molecule has 1 saturated carbocycles. The van der Waals surface area contributed by atoms with Gasteiger partial charge < -0.3 is 0 Å². The van der Waals surface area contributed by atoms with Gasteiger partial charge >= 0.3 is 0 Å². The molecule has 25 heavy (non-hydrogen) atoms. The van der Waals surface area contributed by atoms with Gasteiger partial charge in [-0.2, -0.15) is 18.6 Å². The van der Waals surface area contributed by atoms with Crippen molar-refractivity contribution < 1.29 is 8.42 Å². The number of nitrogens with one attached hydrogen (secondary N) is 1. The first-order chi connectivity index (χ1) is 12.0. The standard InChI is InChI=1S/C16H18N6O2S/c1-11-6-7-13(14(8-11)22-10-17-9-18-22)19-20-16-12-4-2-3-5-15(12)25(23,24)21-16/h2-5,9-11,14H,6-8H2,1H3,(H,20,21). The summed E-state index contributed by atoms with van der Waals surface area (Å²) in [5, 5.41) is 8.72. The van der Waals surface area contributed by atoms with Crippen molar-refractivity contribution in [3.8, 4) is 0 Å². The van der Waals surface area contributed by atoms with Gasteiger partial charge in [0.05, 0.1) is 11.8 Å². The zero-order valence-corrected chi connectivity index (χ0v) is 14.5. The van der Waals surface area contributed by atoms with Gasteiger partial charge in [0.15, 0.2) is 5.84 Å². The van der Waals surface area contributed by atoms with Gasteiger partial charge in [0.1, 0.15) is 17.6 Å². The highest BCUT2D eigenvalue weighted by atomic mass is 32.2. The van der Waals surface area contributed by atoms with E-state index in [2.05, 4.69) is 31.9 Å². The second kappa shape index (κ2) is 6.07. The van der Waals surface area contributed by atoms with Crippen LogP contribution in [0.5, 0.6) is 0 Å². The number of nitrogens with zero attached hydrogens (tertiary/aromatic N) is 5. The maximum Gasteiger partial charge on any atom is 0.285 e. The Labute approximate surface area is 145 Å². The van der Waals surface area contributed by atoms with Crippen molar-refractivity contribution in [1.82, 2.24) is 20.2 Å². The minimum absolute atomic E-state index is 0.0209. The van der Waals surface area contributed by atoms with E-state index in [0.717, 1.165) is 25.0 Å². The van der Waals surface area contributed by atoms with E-state index in [9.17, 15) is 8.42 Å². The van der Waals surface area contributed by atoms with Crippen LogP contribution < -0.4 is 5.43 Å². The first-order valence-electron chi connectivity index (χ1n) is 8.15. The van der Waals surface area contributed by atoms with Gasteiger partial charge in [-0.1, -0.05) is 19.1 Å². The zero-order valence-electron chi connectivity index (χ0n) is 13.7. The van der Waals surface area contributed by atoms with Crippen LogP contribution in [0.3, 0.4) is 0 Å². The molecule has 0 amide bonds. The highest BCUT2D eigenvalue weighted by Gasteiger charge is 2.30. The molecule has 0 saturated heterocycles. The highest BCUT2D eigenvalue weighted by Crippen LogP contribution is 2.30. The van der Waals surface area contributed by atoms with Gasteiger partial charge in [0.2, 0.25) is 0 Å². The van der Waals surface area contributed by atoms with Crippen LogP contribution in [0.15, 0.2) is 51.3 Å². The van der Waals surface area contributed by atoms with Crippen molar-refractivity contribution >= 4 is 21.6 Å². The first kappa shape index (κ1) is 15.9. The Morgan fingerprint density at radius 1 is 1.32 bits per heavy atom. The fraction of sp³-hybridized carbons (Fsp3) is 0.375. The summed E-state index contributed by atoms with van der Waals surface area (Å²) < 4.78 is 29.8. The minimum Gasteiger partial charge on any atom is -0.260 e. The summed E-state index contributed by atoms with van der Waals surface area (Å²) in [5.41, 5.74) is 4.34. The van der Waals surface area contributed by atoms with Crippen LogP contribution in [0.2, 0.25) is 0 Å². The van der Waals surface area contributed by atoms with Crippen LogP contribution in [-0.4, -0.2) is 34.7 Å². The molecule has 0 bridgehead atoms. The number of amidine groups is 1. The number of aromatic nitrogens is 3. The largest absolute Gasteiger partial charge is 0.285 e. The van der Waals surface area contributed by atoms with Crippen LogP contribution in [0, 0.1) is 5.92 Å². The molecule has 2 aliphatic rings. The Kier molecular flexibility index (Phi) is 3.87. The topological polar surface area (TPSA) is 102 Å². The van der Waals surface area contributed by atoms with Crippen LogP contribution in [0.25, 0.3) is 0 Å². The summed E-state index contributed by atoms with van der Waals surface area (Å²) in [5.74, 6) is 0.831. The lowest BCUT2D eigenvalue weighted by atomic mass is 9.85. The molecular formula is C16H18N6O2S. The van der Waals surface area contributed by atoms with E-state index in [1.165, 1.54) is 6.33 Å². The molecule has 0 radical (unpaired) electrons. The van der Waals surface area contributed by atoms with E-state index in [0.29, 0.717) is 11.5 Å². The van der Waals surface area contributed by atoms with E-state index in [-0.39, 0.29) is 16.8 Å². The van der Waals surface area contributed by atoms with Crippen molar-refractivity contribution in [2.75, 3.05) is 0 Å². The Morgan fingerprint density at radius 2 is 2.16 bits per heavy atom. The smallest absolute Gasteiger partial charge is 0.260 e. The summed E-state index contributed by atoms with van der Waals surface area (Å²) in [7, 11) is -3.64. The third-order valence-corrected chi connectivity index (χ3v) is 5.93. The molecule has 2 heterocycles. The molecule has 1 aromatic heterocycles. The second-order valence-corrected chi connectivity index (χ2v) is 7.97. The predicted octanol–water partition coefficient (Wildman–Crippen LogP) is 1.73.